The van der Waals surface area contributed by atoms with Crippen LogP contribution in [-0.2, 0) is 26.0 Å². The maximum Gasteiger partial charge on any atom is 0.543 e. The normalized spacial score (nSPS) is 19.4. The van der Waals surface area contributed by atoms with E-state index in [0.29, 0.717) is 5.56 Å². The average Bonchev–Trinajstić information content (AvgIpc) is 2.68. The van der Waals surface area contributed by atoms with Gasteiger partial charge in [-0.25, -0.2) is 14.5 Å². The minimum atomic E-state index is -0.995. The van der Waals surface area contributed by atoms with Crippen molar-refractivity contribution >= 4 is 12.1 Å². The predicted molar refractivity (Wildman–Crippen MR) is 109 cm³/mol. The van der Waals surface area contributed by atoms with E-state index in [1.54, 1.807) is 12.1 Å². The number of rotatable bonds is 8. The van der Waals surface area contributed by atoms with Crippen LogP contribution in [0.1, 0.15) is 88.6 Å². The van der Waals surface area contributed by atoms with Gasteiger partial charge in [0.25, 0.3) is 0 Å². The first-order chi connectivity index (χ1) is 13.8. The summed E-state index contributed by atoms with van der Waals surface area (Å²) in [7, 11) is 0. The third kappa shape index (κ3) is 7.69. The highest BCUT2D eigenvalue weighted by molar-refractivity contribution is 5.88. The van der Waals surface area contributed by atoms with Crippen LogP contribution in [0.2, 0.25) is 0 Å². The molecule has 0 saturated heterocycles. The fourth-order valence-corrected chi connectivity index (χ4v) is 3.88. The molecule has 1 aromatic carbocycles. The number of hydrogen-bond acceptors (Lipinski definition) is 6. The fraction of sp³-hybridized carbons (Fsp3) is 0.652. The van der Waals surface area contributed by atoms with Gasteiger partial charge in [-0.2, -0.15) is 0 Å². The van der Waals surface area contributed by atoms with Crippen LogP contribution in [0.4, 0.5) is 4.79 Å². The molecule has 1 aliphatic rings. The van der Waals surface area contributed by atoms with Crippen LogP contribution in [0.3, 0.4) is 0 Å². The molecule has 0 amide bonds. The van der Waals surface area contributed by atoms with Gasteiger partial charge in [0, 0.05) is 5.92 Å². The highest BCUT2D eigenvalue weighted by Gasteiger charge is 2.37. The van der Waals surface area contributed by atoms with E-state index < -0.39 is 12.1 Å². The Bertz CT molecular complexity index is 646. The molecule has 2 rings (SSSR count). The Kier molecular flexibility index (Phi) is 8.96. The van der Waals surface area contributed by atoms with E-state index in [1.807, 2.05) is 12.1 Å². The number of unbranched alkanes of at least 4 members (excludes halogenated alkanes) is 2. The second-order valence-electron chi connectivity index (χ2n) is 8.84. The number of hydrogen-bond donors (Lipinski definition) is 0. The van der Waals surface area contributed by atoms with E-state index in [2.05, 4.69) is 42.5 Å². The molecule has 1 aliphatic carbocycles. The summed E-state index contributed by atoms with van der Waals surface area (Å²) in [6.07, 6.45) is 7.16. The van der Waals surface area contributed by atoms with Gasteiger partial charge in [0.15, 0.2) is 0 Å². The zero-order valence-corrected chi connectivity index (χ0v) is 18.1. The van der Waals surface area contributed by atoms with Crippen molar-refractivity contribution in [3.63, 3.8) is 0 Å². The standard InChI is InChI=1S/C23H34O6/c1-5-6-7-10-17-13-15-18(16-14-17)21(24)27-29-28-22(25)26-20-12-9-8-11-19(20)23(2,3)4/h13-16,19-20H,5-12H2,1-4H3. The molecule has 0 N–H and O–H groups in total. The third-order valence-corrected chi connectivity index (χ3v) is 5.53. The molecule has 0 bridgehead atoms. The summed E-state index contributed by atoms with van der Waals surface area (Å²) < 4.78 is 5.40. The first kappa shape index (κ1) is 23.2. The molecule has 1 saturated carbocycles. The molecule has 1 aromatic rings. The van der Waals surface area contributed by atoms with Crippen molar-refractivity contribution in [2.24, 2.45) is 11.3 Å². The molecule has 0 aromatic heterocycles. The van der Waals surface area contributed by atoms with Gasteiger partial charge in [0.1, 0.15) is 6.10 Å². The number of ether oxygens (including phenoxy) is 1. The van der Waals surface area contributed by atoms with Gasteiger partial charge in [-0.15, -0.1) is 0 Å². The number of aryl methyl sites for hydroxylation is 1. The summed E-state index contributed by atoms with van der Waals surface area (Å²) in [5.74, 6) is -0.481. The summed E-state index contributed by atoms with van der Waals surface area (Å²) in [5.41, 5.74) is 1.51. The van der Waals surface area contributed by atoms with E-state index in [4.69, 9.17) is 4.74 Å². The SMILES string of the molecule is CCCCCc1ccc(C(=O)OOOC(=O)OC2CCCCC2C(C)(C)C)cc1. The van der Waals surface area contributed by atoms with Crippen LogP contribution >= 0.6 is 0 Å². The highest BCUT2D eigenvalue weighted by atomic mass is 17.5. The van der Waals surface area contributed by atoms with E-state index in [0.717, 1.165) is 44.1 Å². The number of carbonyl (C=O) groups is 2. The fourth-order valence-electron chi connectivity index (χ4n) is 3.88. The van der Waals surface area contributed by atoms with Crippen LogP contribution < -0.4 is 0 Å². The highest BCUT2D eigenvalue weighted by Crippen LogP contribution is 2.39. The Hall–Kier alpha value is -2.08. The molecule has 6 heteroatoms. The van der Waals surface area contributed by atoms with Crippen molar-refractivity contribution < 1.29 is 29.1 Å². The van der Waals surface area contributed by atoms with E-state index in [1.165, 1.54) is 12.8 Å². The third-order valence-electron chi connectivity index (χ3n) is 5.53. The van der Waals surface area contributed by atoms with Gasteiger partial charge in [-0.3, -0.25) is 4.89 Å². The Balaban J connectivity index is 1.74. The van der Waals surface area contributed by atoms with Crippen molar-refractivity contribution in [3.8, 4) is 0 Å². The smallest absolute Gasteiger partial charge is 0.429 e. The lowest BCUT2D eigenvalue weighted by molar-refractivity contribution is -0.453. The minimum Gasteiger partial charge on any atom is -0.429 e. The Morgan fingerprint density at radius 1 is 1.00 bits per heavy atom. The summed E-state index contributed by atoms with van der Waals surface area (Å²) in [6, 6.07) is 7.11. The lowest BCUT2D eigenvalue weighted by atomic mass is 9.71. The van der Waals surface area contributed by atoms with Crippen LogP contribution in [-0.4, -0.2) is 18.2 Å². The van der Waals surface area contributed by atoms with Gasteiger partial charge in [-0.1, -0.05) is 59.1 Å². The van der Waals surface area contributed by atoms with Gasteiger partial charge in [0.2, 0.25) is 0 Å². The van der Waals surface area contributed by atoms with Crippen molar-refractivity contribution in [3.05, 3.63) is 35.4 Å². The van der Waals surface area contributed by atoms with Crippen molar-refractivity contribution in [2.75, 3.05) is 0 Å². The van der Waals surface area contributed by atoms with Crippen LogP contribution in [0.25, 0.3) is 0 Å². The maximum atomic E-state index is 12.0. The van der Waals surface area contributed by atoms with Gasteiger partial charge < -0.3 is 4.74 Å². The van der Waals surface area contributed by atoms with Crippen LogP contribution in [0.15, 0.2) is 24.3 Å². The maximum absolute atomic E-state index is 12.0. The van der Waals surface area contributed by atoms with E-state index in [-0.39, 0.29) is 17.4 Å². The van der Waals surface area contributed by atoms with Crippen molar-refractivity contribution in [1.29, 1.82) is 0 Å². The molecular formula is C23H34O6. The van der Waals surface area contributed by atoms with Gasteiger partial charge in [-0.05, 0) is 55.2 Å². The Labute approximate surface area is 173 Å². The van der Waals surface area contributed by atoms with E-state index >= 15 is 0 Å². The first-order valence-corrected chi connectivity index (χ1v) is 10.7. The van der Waals surface area contributed by atoms with Crippen LogP contribution in [0.5, 0.6) is 0 Å². The molecule has 0 heterocycles. The number of benzene rings is 1. The molecule has 0 spiro atoms. The van der Waals surface area contributed by atoms with Crippen molar-refractivity contribution in [1.82, 2.24) is 0 Å². The summed E-state index contributed by atoms with van der Waals surface area (Å²) in [4.78, 5) is 32.9. The molecule has 29 heavy (non-hydrogen) atoms. The zero-order valence-electron chi connectivity index (χ0n) is 18.1. The monoisotopic (exact) mass is 406 g/mol. The largest absolute Gasteiger partial charge is 0.543 e. The Morgan fingerprint density at radius 3 is 2.34 bits per heavy atom. The topological polar surface area (TPSA) is 71.1 Å². The average molecular weight is 407 g/mol. The summed E-state index contributed by atoms with van der Waals surface area (Å²) in [5, 5.41) is 4.36. The van der Waals surface area contributed by atoms with Crippen molar-refractivity contribution in [2.45, 2.75) is 85.2 Å². The van der Waals surface area contributed by atoms with E-state index in [9.17, 15) is 9.59 Å². The lowest BCUT2D eigenvalue weighted by Gasteiger charge is -2.39. The quantitative estimate of drug-likeness (QED) is 0.222. The molecular weight excluding hydrogens is 372 g/mol. The molecule has 2 unspecified atom stereocenters. The lowest BCUT2D eigenvalue weighted by Crippen LogP contribution is -2.38. The van der Waals surface area contributed by atoms with Crippen LogP contribution in [0, 0.1) is 11.3 Å². The Morgan fingerprint density at radius 2 is 1.69 bits per heavy atom. The predicted octanol–water partition coefficient (Wildman–Crippen LogP) is 6.18. The number of carbonyl (C=O) groups excluding carboxylic acids is 2. The molecule has 6 nitrogen and oxygen atoms in total. The second-order valence-corrected chi connectivity index (χ2v) is 8.84. The second kappa shape index (κ2) is 11.2. The van der Waals surface area contributed by atoms with Gasteiger partial charge in [0.05, 0.1) is 10.6 Å². The summed E-state index contributed by atoms with van der Waals surface area (Å²) in [6.45, 7) is 8.57. The molecule has 2 atom stereocenters. The molecule has 0 aliphatic heterocycles. The summed E-state index contributed by atoms with van der Waals surface area (Å²) >= 11 is 0. The molecule has 0 radical (unpaired) electrons. The molecule has 1 fully saturated rings. The molecule has 162 valence electrons. The zero-order chi connectivity index (χ0) is 21.3. The minimum absolute atomic E-state index is 0.0292. The first-order valence-electron chi connectivity index (χ1n) is 10.7. The van der Waals surface area contributed by atoms with Gasteiger partial charge >= 0.3 is 12.1 Å².